The molecule has 1 amide bonds. The molecule has 0 fully saturated rings. The fraction of sp³-hybridized carbons (Fsp3) is 0.278. The Bertz CT molecular complexity index is 680. The largest absolute Gasteiger partial charge is 0.497 e. The average Bonchev–Trinajstić information content (AvgIpc) is 2.60. The molecule has 0 aliphatic carbocycles. The van der Waals surface area contributed by atoms with E-state index in [1.165, 1.54) is 0 Å². The summed E-state index contributed by atoms with van der Waals surface area (Å²) < 4.78 is 15.7. The summed E-state index contributed by atoms with van der Waals surface area (Å²) in [5.41, 5.74) is 2.17. The second kappa shape index (κ2) is 7.54. The van der Waals surface area contributed by atoms with Crippen LogP contribution in [0, 0.1) is 0 Å². The van der Waals surface area contributed by atoms with E-state index in [9.17, 15) is 4.79 Å². The molecule has 0 saturated heterocycles. The predicted molar refractivity (Wildman–Crippen MR) is 89.9 cm³/mol. The highest BCUT2D eigenvalue weighted by Crippen LogP contribution is 2.31. The van der Waals surface area contributed by atoms with Gasteiger partial charge in [-0.05, 0) is 48.4 Å². The van der Waals surface area contributed by atoms with Crippen LogP contribution in [0.15, 0.2) is 36.4 Å². The van der Waals surface area contributed by atoms with Crippen LogP contribution in [-0.2, 0) is 6.42 Å². The van der Waals surface area contributed by atoms with Gasteiger partial charge in [0.2, 0.25) is 0 Å². The molecule has 2 aromatic rings. The first-order valence-corrected chi connectivity index (χ1v) is 7.33. The molecule has 2 rings (SSSR count). The smallest absolute Gasteiger partial charge is 0.256 e. The number of anilines is 1. The standard InChI is InChI=1S/C18H21NO4/c1-5-12-10-16(22-3)17(23-4)11-15(12)18(20)19-13-6-8-14(21-2)9-7-13/h6-11H,5H2,1-4H3,(H,19,20). The van der Waals surface area contributed by atoms with Crippen LogP contribution < -0.4 is 19.5 Å². The second-order valence-corrected chi connectivity index (χ2v) is 4.90. The lowest BCUT2D eigenvalue weighted by Gasteiger charge is -2.14. The topological polar surface area (TPSA) is 56.8 Å². The van der Waals surface area contributed by atoms with Crippen LogP contribution in [0.1, 0.15) is 22.8 Å². The molecule has 0 saturated carbocycles. The molecule has 5 nitrogen and oxygen atoms in total. The van der Waals surface area contributed by atoms with Crippen molar-refractivity contribution in [2.45, 2.75) is 13.3 Å². The van der Waals surface area contributed by atoms with Gasteiger partial charge in [-0.3, -0.25) is 4.79 Å². The Morgan fingerprint density at radius 1 is 0.957 bits per heavy atom. The van der Waals surface area contributed by atoms with Gasteiger partial charge in [-0.2, -0.15) is 0 Å². The lowest BCUT2D eigenvalue weighted by atomic mass is 10.0. The van der Waals surface area contributed by atoms with Crippen LogP contribution in [0.3, 0.4) is 0 Å². The van der Waals surface area contributed by atoms with Gasteiger partial charge in [0, 0.05) is 11.3 Å². The van der Waals surface area contributed by atoms with Gasteiger partial charge < -0.3 is 19.5 Å². The second-order valence-electron chi connectivity index (χ2n) is 4.90. The Kier molecular flexibility index (Phi) is 5.46. The molecule has 23 heavy (non-hydrogen) atoms. The van der Waals surface area contributed by atoms with Crippen molar-refractivity contribution < 1.29 is 19.0 Å². The first-order valence-electron chi connectivity index (χ1n) is 7.33. The minimum absolute atomic E-state index is 0.187. The summed E-state index contributed by atoms with van der Waals surface area (Å²) in [6, 6.07) is 10.7. The van der Waals surface area contributed by atoms with Crippen LogP contribution in [-0.4, -0.2) is 27.2 Å². The van der Waals surface area contributed by atoms with Crippen LogP contribution in [0.5, 0.6) is 17.2 Å². The van der Waals surface area contributed by atoms with Crippen LogP contribution in [0.2, 0.25) is 0 Å². The maximum Gasteiger partial charge on any atom is 0.256 e. The lowest BCUT2D eigenvalue weighted by molar-refractivity contribution is 0.102. The Hall–Kier alpha value is -2.69. The first kappa shape index (κ1) is 16.7. The number of aryl methyl sites for hydroxylation is 1. The van der Waals surface area contributed by atoms with Crippen molar-refractivity contribution in [3.8, 4) is 17.2 Å². The van der Waals surface area contributed by atoms with E-state index in [0.29, 0.717) is 29.2 Å². The van der Waals surface area contributed by atoms with Gasteiger partial charge in [0.25, 0.3) is 5.91 Å². The van der Waals surface area contributed by atoms with Crippen molar-refractivity contribution in [3.63, 3.8) is 0 Å². The molecule has 5 heteroatoms. The molecule has 0 heterocycles. The molecule has 0 bridgehead atoms. The molecular formula is C18H21NO4. The Morgan fingerprint density at radius 3 is 2.09 bits per heavy atom. The van der Waals surface area contributed by atoms with E-state index in [-0.39, 0.29) is 5.91 Å². The first-order chi connectivity index (χ1) is 11.1. The zero-order valence-electron chi connectivity index (χ0n) is 13.8. The summed E-state index contributed by atoms with van der Waals surface area (Å²) >= 11 is 0. The highest BCUT2D eigenvalue weighted by atomic mass is 16.5. The van der Waals surface area contributed by atoms with E-state index in [0.717, 1.165) is 11.3 Å². The summed E-state index contributed by atoms with van der Waals surface area (Å²) in [5, 5.41) is 2.88. The zero-order chi connectivity index (χ0) is 16.8. The van der Waals surface area contributed by atoms with Crippen molar-refractivity contribution in [3.05, 3.63) is 47.5 Å². The number of carbonyl (C=O) groups excluding carboxylic acids is 1. The molecule has 0 aliphatic rings. The van der Waals surface area contributed by atoms with E-state index in [1.807, 2.05) is 13.0 Å². The molecule has 0 aliphatic heterocycles. The molecule has 0 spiro atoms. The molecule has 0 aromatic heterocycles. The monoisotopic (exact) mass is 315 g/mol. The van der Waals surface area contributed by atoms with Crippen molar-refractivity contribution in [1.29, 1.82) is 0 Å². The van der Waals surface area contributed by atoms with Gasteiger partial charge in [0.15, 0.2) is 11.5 Å². The highest BCUT2D eigenvalue weighted by Gasteiger charge is 2.16. The number of benzene rings is 2. The maximum absolute atomic E-state index is 12.6. The van der Waals surface area contributed by atoms with Gasteiger partial charge in [-0.1, -0.05) is 6.92 Å². The maximum atomic E-state index is 12.6. The van der Waals surface area contributed by atoms with Gasteiger partial charge in [-0.25, -0.2) is 0 Å². The molecule has 0 radical (unpaired) electrons. The minimum atomic E-state index is -0.187. The Labute approximate surface area is 136 Å². The van der Waals surface area contributed by atoms with Crippen LogP contribution >= 0.6 is 0 Å². The third kappa shape index (κ3) is 3.74. The SMILES string of the molecule is CCc1cc(OC)c(OC)cc1C(=O)Nc1ccc(OC)cc1. The number of hydrogen-bond donors (Lipinski definition) is 1. The summed E-state index contributed by atoms with van der Waals surface area (Å²) in [5.74, 6) is 1.70. The molecule has 2 aromatic carbocycles. The van der Waals surface area contributed by atoms with E-state index in [4.69, 9.17) is 14.2 Å². The van der Waals surface area contributed by atoms with Gasteiger partial charge in [-0.15, -0.1) is 0 Å². The van der Waals surface area contributed by atoms with Crippen molar-refractivity contribution in [1.82, 2.24) is 0 Å². The summed E-state index contributed by atoms with van der Waals surface area (Å²) in [4.78, 5) is 12.6. The Morgan fingerprint density at radius 2 is 1.57 bits per heavy atom. The third-order valence-electron chi connectivity index (χ3n) is 3.58. The van der Waals surface area contributed by atoms with E-state index < -0.39 is 0 Å². The molecular weight excluding hydrogens is 294 g/mol. The third-order valence-corrected chi connectivity index (χ3v) is 3.58. The number of ether oxygens (including phenoxy) is 3. The van der Waals surface area contributed by atoms with Gasteiger partial charge in [0.1, 0.15) is 5.75 Å². The summed E-state index contributed by atoms with van der Waals surface area (Å²) in [6.07, 6.45) is 0.714. The fourth-order valence-corrected chi connectivity index (χ4v) is 2.30. The predicted octanol–water partition coefficient (Wildman–Crippen LogP) is 3.53. The van der Waals surface area contributed by atoms with Crippen molar-refractivity contribution in [2.24, 2.45) is 0 Å². The van der Waals surface area contributed by atoms with Crippen LogP contribution in [0.4, 0.5) is 5.69 Å². The van der Waals surface area contributed by atoms with Gasteiger partial charge in [0.05, 0.1) is 21.3 Å². The number of carbonyl (C=O) groups is 1. The highest BCUT2D eigenvalue weighted by molar-refractivity contribution is 6.05. The van der Waals surface area contributed by atoms with E-state index in [1.54, 1.807) is 51.7 Å². The number of rotatable bonds is 6. The van der Waals surface area contributed by atoms with Crippen molar-refractivity contribution in [2.75, 3.05) is 26.6 Å². The van der Waals surface area contributed by atoms with E-state index >= 15 is 0 Å². The zero-order valence-corrected chi connectivity index (χ0v) is 13.8. The van der Waals surface area contributed by atoms with Crippen molar-refractivity contribution >= 4 is 11.6 Å². The quantitative estimate of drug-likeness (QED) is 0.886. The van der Waals surface area contributed by atoms with E-state index in [2.05, 4.69) is 5.32 Å². The number of hydrogen-bond acceptors (Lipinski definition) is 4. The fourth-order valence-electron chi connectivity index (χ4n) is 2.30. The number of nitrogens with one attached hydrogen (secondary N) is 1. The summed E-state index contributed by atoms with van der Waals surface area (Å²) in [7, 11) is 4.73. The molecule has 1 N–H and O–H groups in total. The molecule has 0 atom stereocenters. The normalized spacial score (nSPS) is 10.1. The van der Waals surface area contributed by atoms with Gasteiger partial charge >= 0.3 is 0 Å². The van der Waals surface area contributed by atoms with Crippen LogP contribution in [0.25, 0.3) is 0 Å². The number of amides is 1. The Balaban J connectivity index is 2.29. The summed E-state index contributed by atoms with van der Waals surface area (Å²) in [6.45, 7) is 1.99. The number of methoxy groups -OCH3 is 3. The lowest BCUT2D eigenvalue weighted by Crippen LogP contribution is -2.14. The molecule has 122 valence electrons. The average molecular weight is 315 g/mol. The molecule has 0 unspecified atom stereocenters. The minimum Gasteiger partial charge on any atom is -0.497 e.